The Labute approximate surface area is 184 Å². The number of benzene rings is 1. The van der Waals surface area contributed by atoms with Gasteiger partial charge in [-0.3, -0.25) is 9.69 Å². The summed E-state index contributed by atoms with van der Waals surface area (Å²) in [5, 5.41) is 6.59. The summed E-state index contributed by atoms with van der Waals surface area (Å²) in [4.78, 5) is 20.0. The van der Waals surface area contributed by atoms with Crippen LogP contribution in [0.1, 0.15) is 18.4 Å². The number of nitrogens with one attached hydrogen (secondary N) is 2. The molecule has 0 bridgehead atoms. The molecule has 1 fully saturated rings. The molecule has 0 saturated carbocycles. The highest BCUT2D eigenvalue weighted by Gasteiger charge is 2.20. The van der Waals surface area contributed by atoms with Crippen LogP contribution in [0.3, 0.4) is 0 Å². The number of likely N-dealkylation sites (tertiary alicyclic amines) is 1. The zero-order chi connectivity index (χ0) is 19.6. The molecule has 0 unspecified atom stereocenters. The van der Waals surface area contributed by atoms with E-state index in [1.165, 1.54) is 17.0 Å². The summed E-state index contributed by atoms with van der Waals surface area (Å²) in [6.07, 6.45) is 3.73. The van der Waals surface area contributed by atoms with Gasteiger partial charge in [0.25, 0.3) is 0 Å². The van der Waals surface area contributed by atoms with Crippen LogP contribution >= 0.6 is 24.0 Å². The van der Waals surface area contributed by atoms with Gasteiger partial charge in [-0.25, -0.2) is 9.38 Å². The quantitative estimate of drug-likeness (QED) is 0.260. The topological polar surface area (TPSA) is 60.0 Å². The summed E-state index contributed by atoms with van der Waals surface area (Å²) >= 11 is 0. The fourth-order valence-electron chi connectivity index (χ4n) is 2.89. The van der Waals surface area contributed by atoms with E-state index < -0.39 is 0 Å². The zero-order valence-electron chi connectivity index (χ0n) is 16.7. The van der Waals surface area contributed by atoms with Crippen LogP contribution in [0.5, 0.6) is 0 Å². The molecule has 28 heavy (non-hydrogen) atoms. The summed E-state index contributed by atoms with van der Waals surface area (Å²) < 4.78 is 13.0. The smallest absolute Gasteiger partial charge is 0.243 e. The second-order valence-electron chi connectivity index (χ2n) is 6.94. The highest BCUT2D eigenvalue weighted by Crippen LogP contribution is 2.14. The molecule has 1 amide bonds. The Morgan fingerprint density at radius 3 is 2.54 bits per heavy atom. The number of halogens is 2. The summed E-state index contributed by atoms with van der Waals surface area (Å²) in [6.45, 7) is 7.16. The molecule has 6 nitrogen and oxygen atoms in total. The number of guanidine groups is 1. The fourth-order valence-corrected chi connectivity index (χ4v) is 2.89. The minimum Gasteiger partial charge on any atom is -0.354 e. The van der Waals surface area contributed by atoms with Crippen molar-refractivity contribution in [3.8, 4) is 0 Å². The standard InChI is InChI=1S/C20H30FN5O.HI/c1-4-11-22-20(23-14-19(27)25(2)3)24-18-9-12-26(13-10-18)15-16-5-7-17(21)8-6-16;/h4-8,18H,1,9-15H2,2-3H3,(H2,22,23,24);1H. The first-order chi connectivity index (χ1) is 13.0. The average molecular weight is 503 g/mol. The molecule has 0 aromatic heterocycles. The van der Waals surface area contributed by atoms with Crippen molar-refractivity contribution in [3.63, 3.8) is 0 Å². The molecule has 8 heteroatoms. The van der Waals surface area contributed by atoms with E-state index in [9.17, 15) is 9.18 Å². The molecule has 1 aliphatic rings. The largest absolute Gasteiger partial charge is 0.354 e. The number of carbonyl (C=O) groups excluding carboxylic acids is 1. The van der Waals surface area contributed by atoms with Gasteiger partial charge in [0.2, 0.25) is 5.91 Å². The SMILES string of the molecule is C=CCNC(=NCC(=O)N(C)C)NC1CCN(Cc2ccc(F)cc2)CC1.I. The van der Waals surface area contributed by atoms with E-state index in [4.69, 9.17) is 0 Å². The van der Waals surface area contributed by atoms with Crippen molar-refractivity contribution < 1.29 is 9.18 Å². The first-order valence-electron chi connectivity index (χ1n) is 9.30. The number of hydrogen-bond donors (Lipinski definition) is 2. The van der Waals surface area contributed by atoms with Gasteiger partial charge in [0, 0.05) is 46.3 Å². The molecule has 0 atom stereocenters. The predicted octanol–water partition coefficient (Wildman–Crippen LogP) is 2.22. The highest BCUT2D eigenvalue weighted by atomic mass is 127. The van der Waals surface area contributed by atoms with Crippen LogP contribution in [0.15, 0.2) is 41.9 Å². The van der Waals surface area contributed by atoms with Crippen LogP contribution in [0.2, 0.25) is 0 Å². The highest BCUT2D eigenvalue weighted by molar-refractivity contribution is 14.0. The molecule has 1 aromatic rings. The van der Waals surface area contributed by atoms with Crippen LogP contribution in [0, 0.1) is 5.82 Å². The number of rotatable bonds is 7. The number of likely N-dealkylation sites (N-methyl/N-ethyl adjacent to an activating group) is 1. The molecule has 156 valence electrons. The van der Waals surface area contributed by atoms with Gasteiger partial charge in [0.15, 0.2) is 5.96 Å². The molecule has 0 aliphatic carbocycles. The number of carbonyl (C=O) groups is 1. The Hall–Kier alpha value is -1.68. The average Bonchev–Trinajstić information content (AvgIpc) is 2.66. The van der Waals surface area contributed by atoms with Gasteiger partial charge in [0.1, 0.15) is 12.4 Å². The third-order valence-electron chi connectivity index (χ3n) is 4.53. The van der Waals surface area contributed by atoms with Crippen LogP contribution in [0.25, 0.3) is 0 Å². The van der Waals surface area contributed by atoms with E-state index in [1.807, 2.05) is 12.1 Å². The van der Waals surface area contributed by atoms with Crippen molar-refractivity contribution in [2.45, 2.75) is 25.4 Å². The van der Waals surface area contributed by atoms with Gasteiger partial charge < -0.3 is 15.5 Å². The maximum Gasteiger partial charge on any atom is 0.243 e. The lowest BCUT2D eigenvalue weighted by molar-refractivity contribution is -0.127. The van der Waals surface area contributed by atoms with Gasteiger partial charge in [-0.2, -0.15) is 0 Å². The third-order valence-corrected chi connectivity index (χ3v) is 4.53. The molecule has 1 heterocycles. The lowest BCUT2D eigenvalue weighted by atomic mass is 10.0. The van der Waals surface area contributed by atoms with Crippen molar-refractivity contribution in [1.82, 2.24) is 20.4 Å². The van der Waals surface area contributed by atoms with E-state index in [0.29, 0.717) is 18.5 Å². The number of hydrogen-bond acceptors (Lipinski definition) is 3. The van der Waals surface area contributed by atoms with Gasteiger partial charge in [-0.1, -0.05) is 18.2 Å². The maximum atomic E-state index is 13.0. The van der Waals surface area contributed by atoms with E-state index in [-0.39, 0.29) is 42.2 Å². The third kappa shape index (κ3) is 8.55. The van der Waals surface area contributed by atoms with Crippen LogP contribution in [0.4, 0.5) is 4.39 Å². The molecule has 0 spiro atoms. The van der Waals surface area contributed by atoms with Crippen molar-refractivity contribution in [2.24, 2.45) is 4.99 Å². The van der Waals surface area contributed by atoms with Crippen molar-refractivity contribution >= 4 is 35.8 Å². The number of piperidine rings is 1. The first kappa shape index (κ1) is 24.4. The lowest BCUT2D eigenvalue weighted by Crippen LogP contribution is -2.48. The second-order valence-corrected chi connectivity index (χ2v) is 6.94. The van der Waals surface area contributed by atoms with Crippen LogP contribution in [-0.2, 0) is 11.3 Å². The van der Waals surface area contributed by atoms with E-state index in [2.05, 4.69) is 27.1 Å². The minimum atomic E-state index is -0.201. The lowest BCUT2D eigenvalue weighted by Gasteiger charge is -2.33. The molecule has 0 radical (unpaired) electrons. The Kier molecular flexibility index (Phi) is 11.1. The van der Waals surface area contributed by atoms with Gasteiger partial charge >= 0.3 is 0 Å². The number of nitrogens with zero attached hydrogens (tertiary/aromatic N) is 3. The monoisotopic (exact) mass is 503 g/mol. The van der Waals surface area contributed by atoms with E-state index in [0.717, 1.165) is 38.0 Å². The Bertz CT molecular complexity index is 643. The predicted molar refractivity (Wildman–Crippen MR) is 122 cm³/mol. The van der Waals surface area contributed by atoms with E-state index in [1.54, 1.807) is 20.2 Å². The Morgan fingerprint density at radius 2 is 1.96 bits per heavy atom. The van der Waals surface area contributed by atoms with Gasteiger partial charge in [0.05, 0.1) is 0 Å². The van der Waals surface area contributed by atoms with Crippen molar-refractivity contribution in [1.29, 1.82) is 0 Å². The molecule has 2 rings (SSSR count). The molecule has 1 saturated heterocycles. The van der Waals surface area contributed by atoms with Crippen LogP contribution < -0.4 is 10.6 Å². The molecule has 1 aromatic carbocycles. The fraction of sp³-hybridized carbons (Fsp3) is 0.500. The second kappa shape index (κ2) is 12.7. The van der Waals surface area contributed by atoms with Crippen molar-refractivity contribution in [2.75, 3.05) is 40.3 Å². The Morgan fingerprint density at radius 1 is 1.32 bits per heavy atom. The normalized spacial score (nSPS) is 15.5. The number of amides is 1. The summed E-state index contributed by atoms with van der Waals surface area (Å²) in [5.41, 5.74) is 1.12. The summed E-state index contributed by atoms with van der Waals surface area (Å²) in [5.74, 6) is 0.402. The molecular weight excluding hydrogens is 472 g/mol. The minimum absolute atomic E-state index is 0. The molecular formula is C20H31FIN5O. The Balaban J connectivity index is 0.00000392. The van der Waals surface area contributed by atoms with Gasteiger partial charge in [-0.15, -0.1) is 30.6 Å². The molecule has 1 aliphatic heterocycles. The number of aliphatic imine (C=N–C) groups is 1. The van der Waals surface area contributed by atoms with E-state index >= 15 is 0 Å². The molecule has 2 N–H and O–H groups in total. The van der Waals surface area contributed by atoms with Crippen LogP contribution in [-0.4, -0.2) is 68.0 Å². The maximum absolute atomic E-state index is 13.0. The van der Waals surface area contributed by atoms with Crippen molar-refractivity contribution in [3.05, 3.63) is 48.3 Å². The summed E-state index contributed by atoms with van der Waals surface area (Å²) in [6, 6.07) is 7.00. The zero-order valence-corrected chi connectivity index (χ0v) is 19.0. The first-order valence-corrected chi connectivity index (χ1v) is 9.30. The summed E-state index contributed by atoms with van der Waals surface area (Å²) in [7, 11) is 3.44. The van der Waals surface area contributed by atoms with Gasteiger partial charge in [-0.05, 0) is 30.5 Å².